The van der Waals surface area contributed by atoms with Crippen LogP contribution in [0.15, 0.2) is 47.4 Å². The second kappa shape index (κ2) is 5.69. The number of aromatic amines is 1. The Morgan fingerprint density at radius 2 is 2.00 bits per heavy atom. The molecule has 2 aromatic carbocycles. The molecule has 0 bridgehead atoms. The maximum Gasteiger partial charge on any atom is 0.137 e. The van der Waals surface area contributed by atoms with Gasteiger partial charge in [-0.15, -0.1) is 0 Å². The number of nitrogens with one attached hydrogen (secondary N) is 1. The fourth-order valence-corrected chi connectivity index (χ4v) is 3.04. The molecule has 0 amide bonds. The summed E-state index contributed by atoms with van der Waals surface area (Å²) < 4.78 is 17.1. The molecule has 0 spiro atoms. The van der Waals surface area contributed by atoms with E-state index in [1.54, 1.807) is 13.4 Å². The highest BCUT2D eigenvalue weighted by Gasteiger charge is 2.12. The quantitative estimate of drug-likeness (QED) is 0.806. The third-order valence-corrected chi connectivity index (χ3v) is 4.28. The predicted molar refractivity (Wildman–Crippen MR) is 84.2 cm³/mol. The molecule has 0 saturated heterocycles. The number of rotatable bonds is 4. The molecule has 0 fully saturated rings. The van der Waals surface area contributed by atoms with Crippen molar-refractivity contribution in [2.45, 2.75) is 11.3 Å². The molecule has 108 valence electrons. The van der Waals surface area contributed by atoms with Crippen LogP contribution in [0.3, 0.4) is 0 Å². The Balaban J connectivity index is 2.02. The molecule has 0 saturated carbocycles. The first-order chi connectivity index (χ1) is 10.2. The van der Waals surface area contributed by atoms with Crippen LogP contribution in [0.1, 0.15) is 11.4 Å². The molecule has 0 aliphatic heterocycles. The minimum absolute atomic E-state index is 0.612. The maximum atomic E-state index is 11.8. The molecule has 1 heterocycles. The smallest absolute Gasteiger partial charge is 0.137 e. The first-order valence-corrected chi connectivity index (χ1v) is 8.17. The molecular weight excluding hydrogens is 284 g/mol. The van der Waals surface area contributed by atoms with E-state index in [4.69, 9.17) is 4.74 Å². The summed E-state index contributed by atoms with van der Waals surface area (Å²) in [6, 6.07) is 13.8. The zero-order valence-electron chi connectivity index (χ0n) is 11.9. The molecule has 5 heteroatoms. The highest BCUT2D eigenvalue weighted by molar-refractivity contribution is 7.84. The van der Waals surface area contributed by atoms with Crippen molar-refractivity contribution >= 4 is 21.8 Å². The highest BCUT2D eigenvalue weighted by Crippen LogP contribution is 2.27. The van der Waals surface area contributed by atoms with Gasteiger partial charge in [-0.05, 0) is 11.6 Å². The van der Waals surface area contributed by atoms with E-state index in [2.05, 4.69) is 22.1 Å². The number of hydrogen-bond acceptors (Lipinski definition) is 3. The summed E-state index contributed by atoms with van der Waals surface area (Å²) in [5.74, 6) is 1.50. The average Bonchev–Trinajstić information content (AvgIpc) is 2.87. The number of aromatic nitrogens is 2. The van der Waals surface area contributed by atoms with Gasteiger partial charge in [-0.3, -0.25) is 4.21 Å². The minimum atomic E-state index is -1.10. The summed E-state index contributed by atoms with van der Waals surface area (Å²) in [6.45, 7) is 0. The molecule has 3 rings (SSSR count). The fraction of sp³-hybridized carbons (Fsp3) is 0.188. The van der Waals surface area contributed by atoms with E-state index in [9.17, 15) is 4.21 Å². The van der Waals surface area contributed by atoms with Crippen LogP contribution in [0.2, 0.25) is 0 Å². The van der Waals surface area contributed by atoms with Crippen molar-refractivity contribution in [1.82, 2.24) is 9.97 Å². The molecule has 1 aromatic heterocycles. The van der Waals surface area contributed by atoms with E-state index in [0.717, 1.165) is 23.3 Å². The van der Waals surface area contributed by atoms with E-state index >= 15 is 0 Å². The van der Waals surface area contributed by atoms with Crippen molar-refractivity contribution in [2.75, 3.05) is 13.4 Å². The van der Waals surface area contributed by atoms with E-state index in [-0.39, 0.29) is 0 Å². The van der Waals surface area contributed by atoms with Crippen molar-refractivity contribution in [2.24, 2.45) is 0 Å². The molecular formula is C16H16N2O2S. The van der Waals surface area contributed by atoms with Crippen LogP contribution in [0, 0.1) is 0 Å². The second-order valence-corrected chi connectivity index (χ2v) is 6.17. The van der Waals surface area contributed by atoms with Crippen LogP contribution in [0.25, 0.3) is 11.0 Å². The van der Waals surface area contributed by atoms with Gasteiger partial charge in [0, 0.05) is 18.7 Å². The summed E-state index contributed by atoms with van der Waals surface area (Å²) in [5.41, 5.74) is 2.90. The lowest BCUT2D eigenvalue weighted by molar-refractivity contribution is 0.405. The Hall–Kier alpha value is -2.14. The molecule has 4 nitrogen and oxygen atoms in total. The van der Waals surface area contributed by atoms with Crippen molar-refractivity contribution in [3.05, 3.63) is 53.9 Å². The lowest BCUT2D eigenvalue weighted by Crippen LogP contribution is -1.93. The monoisotopic (exact) mass is 300 g/mol. The Labute approximate surface area is 125 Å². The van der Waals surface area contributed by atoms with Crippen molar-refractivity contribution in [1.29, 1.82) is 0 Å². The number of fused-ring (bicyclic) bond motifs is 1. The Morgan fingerprint density at radius 3 is 2.67 bits per heavy atom. The van der Waals surface area contributed by atoms with Crippen molar-refractivity contribution in [3.8, 4) is 5.75 Å². The number of benzene rings is 2. The van der Waals surface area contributed by atoms with Gasteiger partial charge < -0.3 is 9.72 Å². The van der Waals surface area contributed by atoms with Crippen LogP contribution in [-0.4, -0.2) is 27.5 Å². The molecule has 0 aliphatic rings. The SMILES string of the molecule is COc1cc2nc(Cc3ccccc3)[nH]c2cc1S(C)=O. The summed E-state index contributed by atoms with van der Waals surface area (Å²) in [7, 11) is 0.481. The van der Waals surface area contributed by atoms with Crippen molar-refractivity contribution in [3.63, 3.8) is 0 Å². The first-order valence-electron chi connectivity index (χ1n) is 6.61. The topological polar surface area (TPSA) is 55.0 Å². The molecule has 0 radical (unpaired) electrons. The van der Waals surface area contributed by atoms with E-state index in [1.165, 1.54) is 5.56 Å². The lowest BCUT2D eigenvalue weighted by Gasteiger charge is -2.05. The number of ether oxygens (including phenoxy) is 1. The molecule has 1 atom stereocenters. The zero-order valence-corrected chi connectivity index (χ0v) is 12.7. The van der Waals surface area contributed by atoms with Gasteiger partial charge in [-0.25, -0.2) is 4.98 Å². The van der Waals surface area contributed by atoms with Gasteiger partial charge in [0.1, 0.15) is 11.6 Å². The third-order valence-electron chi connectivity index (χ3n) is 3.34. The van der Waals surface area contributed by atoms with Gasteiger partial charge in [0.2, 0.25) is 0 Å². The van der Waals surface area contributed by atoms with E-state index in [1.807, 2.05) is 30.3 Å². The average molecular weight is 300 g/mol. The number of methoxy groups -OCH3 is 1. The van der Waals surface area contributed by atoms with Gasteiger partial charge in [-0.2, -0.15) is 0 Å². The van der Waals surface area contributed by atoms with Gasteiger partial charge in [0.15, 0.2) is 0 Å². The van der Waals surface area contributed by atoms with Crippen LogP contribution in [-0.2, 0) is 17.2 Å². The molecule has 21 heavy (non-hydrogen) atoms. The summed E-state index contributed by atoms with van der Waals surface area (Å²) in [4.78, 5) is 8.55. The van der Waals surface area contributed by atoms with Crippen LogP contribution in [0.5, 0.6) is 5.75 Å². The number of imidazole rings is 1. The first kappa shape index (κ1) is 13.8. The number of hydrogen-bond donors (Lipinski definition) is 1. The second-order valence-electron chi connectivity index (χ2n) is 4.82. The van der Waals surface area contributed by atoms with E-state index in [0.29, 0.717) is 10.6 Å². The predicted octanol–water partition coefficient (Wildman–Crippen LogP) is 2.90. The summed E-state index contributed by atoms with van der Waals surface area (Å²) in [5, 5.41) is 0. The summed E-state index contributed by atoms with van der Waals surface area (Å²) in [6.07, 6.45) is 2.38. The van der Waals surface area contributed by atoms with Crippen LogP contribution >= 0.6 is 0 Å². The summed E-state index contributed by atoms with van der Waals surface area (Å²) >= 11 is 0. The molecule has 1 N–H and O–H groups in total. The normalized spacial score (nSPS) is 12.5. The Morgan fingerprint density at radius 1 is 1.24 bits per heavy atom. The lowest BCUT2D eigenvalue weighted by atomic mass is 10.1. The van der Waals surface area contributed by atoms with Gasteiger partial charge in [0.05, 0.1) is 33.8 Å². The largest absolute Gasteiger partial charge is 0.495 e. The highest BCUT2D eigenvalue weighted by atomic mass is 32.2. The van der Waals surface area contributed by atoms with E-state index < -0.39 is 10.8 Å². The standard InChI is InChI=1S/C16H16N2O2S/c1-20-14-9-12-13(10-15(14)21(2)19)18-16(17-12)8-11-6-4-3-5-7-11/h3-7,9-10H,8H2,1-2H3,(H,17,18). The van der Waals surface area contributed by atoms with Crippen molar-refractivity contribution < 1.29 is 8.95 Å². The zero-order chi connectivity index (χ0) is 14.8. The number of nitrogens with zero attached hydrogens (tertiary/aromatic N) is 1. The Kier molecular flexibility index (Phi) is 3.75. The maximum absolute atomic E-state index is 11.8. The van der Waals surface area contributed by atoms with Crippen LogP contribution in [0.4, 0.5) is 0 Å². The molecule has 1 unspecified atom stereocenters. The van der Waals surface area contributed by atoms with Gasteiger partial charge in [-0.1, -0.05) is 30.3 Å². The van der Waals surface area contributed by atoms with Gasteiger partial charge in [0.25, 0.3) is 0 Å². The van der Waals surface area contributed by atoms with Crippen LogP contribution < -0.4 is 4.74 Å². The number of H-pyrrole nitrogens is 1. The minimum Gasteiger partial charge on any atom is -0.495 e. The Bertz CT molecular complexity index is 797. The molecule has 3 aromatic rings. The third kappa shape index (κ3) is 2.83. The molecule has 0 aliphatic carbocycles. The van der Waals surface area contributed by atoms with Gasteiger partial charge >= 0.3 is 0 Å². The fourth-order valence-electron chi connectivity index (χ4n) is 2.33.